The van der Waals surface area contributed by atoms with Crippen molar-refractivity contribution >= 4 is 0 Å². The van der Waals surface area contributed by atoms with E-state index >= 15 is 0 Å². The van der Waals surface area contributed by atoms with Gasteiger partial charge in [0.05, 0.1) is 0 Å². The van der Waals surface area contributed by atoms with Crippen molar-refractivity contribution in [1.82, 2.24) is 0 Å². The zero-order valence-electron chi connectivity index (χ0n) is 9.31. The summed E-state index contributed by atoms with van der Waals surface area (Å²) in [5.41, 5.74) is 0.785. The summed E-state index contributed by atoms with van der Waals surface area (Å²) in [5.74, 6) is 2.15. The first-order chi connectivity index (χ1) is 6.24. The van der Waals surface area contributed by atoms with Crippen LogP contribution in [0.25, 0.3) is 0 Å². The Morgan fingerprint density at radius 3 is 2.15 bits per heavy atom. The highest BCUT2D eigenvalue weighted by atomic mass is 14.4. The molecule has 0 bridgehead atoms. The summed E-state index contributed by atoms with van der Waals surface area (Å²) in [6.07, 6.45) is 12.1. The van der Waals surface area contributed by atoms with Gasteiger partial charge in [-0.2, -0.15) is 0 Å². The Labute approximate surface area is 83.1 Å². The lowest BCUT2D eigenvalue weighted by Gasteiger charge is -2.39. The molecule has 0 aromatic rings. The molecule has 0 atom stereocenters. The molecule has 2 fully saturated rings. The van der Waals surface area contributed by atoms with E-state index in [0.29, 0.717) is 0 Å². The largest absolute Gasteiger partial charge is 0.0649 e. The van der Waals surface area contributed by atoms with Gasteiger partial charge >= 0.3 is 0 Å². The van der Waals surface area contributed by atoms with E-state index in [0.717, 1.165) is 17.3 Å². The molecule has 0 aliphatic heterocycles. The highest BCUT2D eigenvalue weighted by Gasteiger charge is 2.37. The van der Waals surface area contributed by atoms with Gasteiger partial charge in [-0.1, -0.05) is 46.0 Å². The Hall–Kier alpha value is 0. The summed E-state index contributed by atoms with van der Waals surface area (Å²) in [7, 11) is 0. The third-order valence-corrected chi connectivity index (χ3v) is 4.50. The van der Waals surface area contributed by atoms with E-state index in [4.69, 9.17) is 0 Å². The van der Waals surface area contributed by atoms with Crippen LogP contribution in [0.15, 0.2) is 0 Å². The summed E-state index contributed by atoms with van der Waals surface area (Å²) in [5, 5.41) is 0. The topological polar surface area (TPSA) is 0 Å². The lowest BCUT2D eigenvalue weighted by atomic mass is 9.66. The minimum atomic E-state index is 0.785. The van der Waals surface area contributed by atoms with Crippen molar-refractivity contribution in [2.45, 2.75) is 65.2 Å². The Morgan fingerprint density at radius 2 is 1.69 bits per heavy atom. The van der Waals surface area contributed by atoms with Crippen LogP contribution >= 0.6 is 0 Å². The zero-order valence-corrected chi connectivity index (χ0v) is 9.31. The van der Waals surface area contributed by atoms with Gasteiger partial charge in [-0.25, -0.2) is 0 Å². The van der Waals surface area contributed by atoms with E-state index in [-0.39, 0.29) is 0 Å². The van der Waals surface area contributed by atoms with Gasteiger partial charge in [0.1, 0.15) is 0 Å². The highest BCUT2D eigenvalue weighted by molar-refractivity contribution is 4.89. The molecule has 2 aliphatic carbocycles. The molecule has 0 amide bonds. The van der Waals surface area contributed by atoms with Gasteiger partial charge in [-0.05, 0) is 36.5 Å². The van der Waals surface area contributed by atoms with Crippen molar-refractivity contribution < 1.29 is 0 Å². The fourth-order valence-electron chi connectivity index (χ4n) is 3.01. The predicted molar refractivity (Wildman–Crippen MR) is 57.7 cm³/mol. The maximum atomic E-state index is 2.43. The van der Waals surface area contributed by atoms with Crippen LogP contribution in [0.3, 0.4) is 0 Å². The minimum absolute atomic E-state index is 0.785. The monoisotopic (exact) mass is 180 g/mol. The molecule has 0 heterocycles. The summed E-state index contributed by atoms with van der Waals surface area (Å²) in [6.45, 7) is 4.84. The second kappa shape index (κ2) is 3.63. The maximum absolute atomic E-state index is 2.43. The van der Waals surface area contributed by atoms with Gasteiger partial charge in [0.15, 0.2) is 0 Å². The molecule has 0 heteroatoms. The van der Waals surface area contributed by atoms with Gasteiger partial charge in [0.25, 0.3) is 0 Å². The molecule has 0 spiro atoms. The molecular formula is C13H24. The Morgan fingerprint density at radius 1 is 1.08 bits per heavy atom. The number of hydrogen-bond acceptors (Lipinski definition) is 0. The van der Waals surface area contributed by atoms with E-state index in [1.807, 2.05) is 0 Å². The van der Waals surface area contributed by atoms with Crippen LogP contribution in [-0.4, -0.2) is 0 Å². The molecule has 76 valence electrons. The van der Waals surface area contributed by atoms with Gasteiger partial charge in [0.2, 0.25) is 0 Å². The summed E-state index contributed by atoms with van der Waals surface area (Å²) >= 11 is 0. The van der Waals surface area contributed by atoms with E-state index < -0.39 is 0 Å². The van der Waals surface area contributed by atoms with E-state index in [9.17, 15) is 0 Å². The molecule has 0 radical (unpaired) electrons. The van der Waals surface area contributed by atoms with Crippen LogP contribution < -0.4 is 0 Å². The van der Waals surface area contributed by atoms with Crippen molar-refractivity contribution in [2.75, 3.05) is 0 Å². The van der Waals surface area contributed by atoms with Crippen LogP contribution in [0.2, 0.25) is 0 Å². The molecule has 0 aromatic heterocycles. The number of hydrogen-bond donors (Lipinski definition) is 0. The zero-order chi connectivity index (χ0) is 9.31. The Balaban J connectivity index is 1.89. The first-order valence-electron chi connectivity index (χ1n) is 6.24. The summed E-state index contributed by atoms with van der Waals surface area (Å²) < 4.78 is 0. The molecule has 0 unspecified atom stereocenters. The first kappa shape index (κ1) is 9.55. The van der Waals surface area contributed by atoms with Gasteiger partial charge in [-0.15, -0.1) is 0 Å². The smallest absolute Gasteiger partial charge is 0.0297 e. The standard InChI is InChI=1S/C13H24/c1-3-13(10-12-4-5-12)8-6-11(2)7-9-13/h11-12H,3-10H2,1-2H3. The molecule has 2 rings (SSSR count). The van der Waals surface area contributed by atoms with Gasteiger partial charge < -0.3 is 0 Å². The Bertz CT molecular complexity index is 159. The van der Waals surface area contributed by atoms with Crippen molar-refractivity contribution in [3.8, 4) is 0 Å². The lowest BCUT2D eigenvalue weighted by Crippen LogP contribution is -2.26. The predicted octanol–water partition coefficient (Wildman–Crippen LogP) is 4.39. The molecule has 13 heavy (non-hydrogen) atoms. The molecule has 0 N–H and O–H groups in total. The molecule has 2 saturated carbocycles. The van der Waals surface area contributed by atoms with E-state index in [2.05, 4.69) is 13.8 Å². The minimum Gasteiger partial charge on any atom is -0.0649 e. The van der Waals surface area contributed by atoms with Crippen LogP contribution in [0.1, 0.15) is 65.2 Å². The fraction of sp³-hybridized carbons (Fsp3) is 1.00. The normalized spacial score (nSPS) is 40.6. The van der Waals surface area contributed by atoms with E-state index in [1.54, 1.807) is 6.42 Å². The van der Waals surface area contributed by atoms with Crippen LogP contribution in [0, 0.1) is 17.3 Å². The van der Waals surface area contributed by atoms with Crippen molar-refractivity contribution in [1.29, 1.82) is 0 Å². The van der Waals surface area contributed by atoms with Crippen LogP contribution in [-0.2, 0) is 0 Å². The first-order valence-corrected chi connectivity index (χ1v) is 6.24. The SMILES string of the molecule is CCC1(CC2CC2)CCC(C)CC1. The van der Waals surface area contributed by atoms with Gasteiger partial charge in [0, 0.05) is 0 Å². The van der Waals surface area contributed by atoms with Crippen LogP contribution in [0.5, 0.6) is 0 Å². The van der Waals surface area contributed by atoms with E-state index in [1.165, 1.54) is 44.9 Å². The van der Waals surface area contributed by atoms with Crippen LogP contribution in [0.4, 0.5) is 0 Å². The molecule has 0 aromatic carbocycles. The molecule has 0 saturated heterocycles. The van der Waals surface area contributed by atoms with Crippen molar-refractivity contribution in [3.63, 3.8) is 0 Å². The fourth-order valence-corrected chi connectivity index (χ4v) is 3.01. The third kappa shape index (κ3) is 2.27. The number of rotatable bonds is 3. The average molecular weight is 180 g/mol. The summed E-state index contributed by atoms with van der Waals surface area (Å²) in [6, 6.07) is 0. The van der Waals surface area contributed by atoms with Crippen molar-refractivity contribution in [2.24, 2.45) is 17.3 Å². The third-order valence-electron chi connectivity index (χ3n) is 4.50. The van der Waals surface area contributed by atoms with Gasteiger partial charge in [-0.3, -0.25) is 0 Å². The molecular weight excluding hydrogens is 156 g/mol. The Kier molecular flexibility index (Phi) is 2.67. The second-order valence-electron chi connectivity index (χ2n) is 5.68. The van der Waals surface area contributed by atoms with Crippen molar-refractivity contribution in [3.05, 3.63) is 0 Å². The second-order valence-corrected chi connectivity index (χ2v) is 5.68. The molecule has 2 aliphatic rings. The lowest BCUT2D eigenvalue weighted by molar-refractivity contribution is 0.128. The highest BCUT2D eigenvalue weighted by Crippen LogP contribution is 2.50. The average Bonchev–Trinajstić information content (AvgIpc) is 2.94. The molecule has 0 nitrogen and oxygen atoms in total. The summed E-state index contributed by atoms with van der Waals surface area (Å²) in [4.78, 5) is 0. The quantitative estimate of drug-likeness (QED) is 0.604. The maximum Gasteiger partial charge on any atom is -0.0297 e.